The van der Waals surface area contributed by atoms with Gasteiger partial charge in [-0.1, -0.05) is 44.9 Å². The van der Waals surface area contributed by atoms with Gasteiger partial charge in [0, 0.05) is 70.6 Å². The van der Waals surface area contributed by atoms with E-state index in [1.165, 1.54) is 50.6 Å². The number of nitrogens with one attached hydrogen (secondary N) is 1. The highest BCUT2D eigenvalue weighted by atomic mass is 16.2. The second-order valence-corrected chi connectivity index (χ2v) is 13.4. The molecule has 1 saturated carbocycles. The van der Waals surface area contributed by atoms with Crippen molar-refractivity contribution >= 4 is 11.6 Å². The number of carbonyl (C=O) groups is 1. The lowest BCUT2D eigenvalue weighted by atomic mass is 9.78. The molecule has 0 bridgehead atoms. The second-order valence-electron chi connectivity index (χ2n) is 13.4. The number of unbranched alkanes of at least 4 members (excludes halogenated alkanes) is 3. The molecule has 3 fully saturated rings. The SMILES string of the molecule is CC(C)C1CCC(N2CCC3(CC2)C(=O)N(CCCCCCNCCN(CCN)CCN)CN3c2ccccc2)CC1. The van der Waals surface area contributed by atoms with Gasteiger partial charge in [0.1, 0.15) is 5.54 Å². The third-order valence-electron chi connectivity index (χ3n) is 10.4. The van der Waals surface area contributed by atoms with E-state index in [9.17, 15) is 4.79 Å². The molecule has 238 valence electrons. The van der Waals surface area contributed by atoms with E-state index in [1.54, 1.807) is 0 Å². The number of piperidine rings is 1. The highest BCUT2D eigenvalue weighted by Crippen LogP contribution is 2.41. The molecule has 8 nitrogen and oxygen atoms in total. The number of hydrogen-bond acceptors (Lipinski definition) is 7. The van der Waals surface area contributed by atoms with E-state index < -0.39 is 0 Å². The third kappa shape index (κ3) is 8.69. The summed E-state index contributed by atoms with van der Waals surface area (Å²) >= 11 is 0. The van der Waals surface area contributed by atoms with Gasteiger partial charge in [0.2, 0.25) is 5.91 Å². The first-order valence-electron chi connectivity index (χ1n) is 17.2. The average Bonchev–Trinajstić information content (AvgIpc) is 3.27. The van der Waals surface area contributed by atoms with Gasteiger partial charge in [0.05, 0.1) is 6.67 Å². The van der Waals surface area contributed by atoms with Crippen molar-refractivity contribution in [2.75, 3.05) is 77.0 Å². The highest BCUT2D eigenvalue weighted by molar-refractivity contribution is 5.93. The molecule has 2 aliphatic heterocycles. The Morgan fingerprint density at radius 3 is 2.21 bits per heavy atom. The quantitative estimate of drug-likeness (QED) is 0.241. The van der Waals surface area contributed by atoms with Gasteiger partial charge in [-0.15, -0.1) is 0 Å². The molecule has 1 aromatic carbocycles. The molecule has 1 aromatic rings. The largest absolute Gasteiger partial charge is 0.339 e. The Balaban J connectivity index is 1.22. The van der Waals surface area contributed by atoms with Crippen LogP contribution in [0.2, 0.25) is 0 Å². The number of carbonyl (C=O) groups excluding carboxylic acids is 1. The molecule has 0 radical (unpaired) electrons. The van der Waals surface area contributed by atoms with Crippen LogP contribution in [0.4, 0.5) is 5.69 Å². The molecule has 1 amide bonds. The van der Waals surface area contributed by atoms with E-state index in [-0.39, 0.29) is 5.54 Å². The molecule has 1 aliphatic carbocycles. The Hall–Kier alpha value is -1.71. The smallest absolute Gasteiger partial charge is 0.250 e. The first-order valence-corrected chi connectivity index (χ1v) is 17.2. The third-order valence-corrected chi connectivity index (χ3v) is 10.4. The summed E-state index contributed by atoms with van der Waals surface area (Å²) in [5.41, 5.74) is 12.2. The Kier molecular flexibility index (Phi) is 13.4. The molecule has 4 rings (SSSR count). The van der Waals surface area contributed by atoms with Crippen LogP contribution in [0.3, 0.4) is 0 Å². The zero-order valence-electron chi connectivity index (χ0n) is 26.8. The van der Waals surface area contributed by atoms with E-state index >= 15 is 0 Å². The van der Waals surface area contributed by atoms with Crippen LogP contribution in [0.25, 0.3) is 0 Å². The number of likely N-dealkylation sites (tertiary alicyclic amines) is 1. The summed E-state index contributed by atoms with van der Waals surface area (Å²) in [4.78, 5) is 23.8. The summed E-state index contributed by atoms with van der Waals surface area (Å²) in [6.07, 6.45) is 11.9. The van der Waals surface area contributed by atoms with Gasteiger partial charge in [0.15, 0.2) is 0 Å². The fourth-order valence-corrected chi connectivity index (χ4v) is 7.73. The van der Waals surface area contributed by atoms with Crippen LogP contribution in [0.15, 0.2) is 30.3 Å². The summed E-state index contributed by atoms with van der Waals surface area (Å²) in [5, 5.41) is 3.57. The van der Waals surface area contributed by atoms with Crippen molar-refractivity contribution in [3.8, 4) is 0 Å². The molecule has 3 aliphatic rings. The minimum Gasteiger partial charge on any atom is -0.339 e. The molecular weight excluding hydrogens is 522 g/mol. The summed E-state index contributed by atoms with van der Waals surface area (Å²) in [5.74, 6) is 2.07. The lowest BCUT2D eigenvalue weighted by molar-refractivity contribution is -0.134. The van der Waals surface area contributed by atoms with Crippen LogP contribution in [0, 0.1) is 11.8 Å². The number of amides is 1. The van der Waals surface area contributed by atoms with Crippen molar-refractivity contribution in [3.05, 3.63) is 30.3 Å². The fraction of sp³-hybridized carbons (Fsp3) is 0.794. The maximum atomic E-state index is 14.1. The van der Waals surface area contributed by atoms with E-state index in [2.05, 4.69) is 69.1 Å². The van der Waals surface area contributed by atoms with Crippen LogP contribution >= 0.6 is 0 Å². The van der Waals surface area contributed by atoms with Gasteiger partial charge in [-0.05, 0) is 81.9 Å². The molecule has 8 heteroatoms. The molecular formula is C34H61N7O. The molecule has 42 heavy (non-hydrogen) atoms. The maximum absolute atomic E-state index is 14.1. The topological polar surface area (TPSA) is 94.1 Å². The van der Waals surface area contributed by atoms with Crippen LogP contribution in [-0.2, 0) is 4.79 Å². The van der Waals surface area contributed by atoms with E-state index in [4.69, 9.17) is 11.5 Å². The number of nitrogens with zero attached hydrogens (tertiary/aromatic N) is 4. The van der Waals surface area contributed by atoms with Crippen molar-refractivity contribution in [3.63, 3.8) is 0 Å². The molecule has 0 atom stereocenters. The number of rotatable bonds is 17. The predicted octanol–water partition coefficient (Wildman–Crippen LogP) is 3.71. The maximum Gasteiger partial charge on any atom is 0.250 e. The highest BCUT2D eigenvalue weighted by Gasteiger charge is 2.54. The minimum atomic E-state index is -0.376. The zero-order valence-corrected chi connectivity index (χ0v) is 26.8. The Bertz CT molecular complexity index is 890. The first-order chi connectivity index (χ1) is 20.5. The van der Waals surface area contributed by atoms with E-state index in [1.807, 2.05) is 0 Å². The van der Waals surface area contributed by atoms with Gasteiger partial charge in [-0.2, -0.15) is 0 Å². The summed E-state index contributed by atoms with van der Waals surface area (Å²) in [6, 6.07) is 11.4. The molecule has 0 aromatic heterocycles. The van der Waals surface area contributed by atoms with Crippen molar-refractivity contribution in [1.82, 2.24) is 20.0 Å². The molecule has 5 N–H and O–H groups in total. The summed E-state index contributed by atoms with van der Waals surface area (Å²) < 4.78 is 0. The van der Waals surface area contributed by atoms with Crippen molar-refractivity contribution in [1.29, 1.82) is 0 Å². The standard InChI is InChI=1S/C34H61N7O/c1-29(2)30-12-14-31(15-13-30)39-23-16-34(17-24-39)33(42)40(28-41(34)32-10-6-5-7-11-32)22-9-4-3-8-20-37-21-27-38(25-18-35)26-19-36/h5-7,10-11,29-31,37H,3-4,8-9,12-28,35-36H2,1-2H3. The first kappa shape index (κ1) is 33.2. The van der Waals surface area contributed by atoms with E-state index in [0.717, 1.165) is 90.1 Å². The lowest BCUT2D eigenvalue weighted by Gasteiger charge is -2.47. The minimum absolute atomic E-state index is 0.371. The lowest BCUT2D eigenvalue weighted by Crippen LogP contribution is -2.58. The van der Waals surface area contributed by atoms with Gasteiger partial charge in [-0.3, -0.25) is 9.69 Å². The Labute approximate surface area is 256 Å². The summed E-state index contributed by atoms with van der Waals surface area (Å²) in [6.45, 7) is 14.7. The van der Waals surface area contributed by atoms with Crippen molar-refractivity contribution < 1.29 is 4.79 Å². The Morgan fingerprint density at radius 1 is 0.905 bits per heavy atom. The average molecular weight is 584 g/mol. The normalized spacial score (nSPS) is 23.1. The van der Waals surface area contributed by atoms with Gasteiger partial charge in [0.25, 0.3) is 0 Å². The monoisotopic (exact) mass is 583 g/mol. The number of anilines is 1. The van der Waals surface area contributed by atoms with E-state index in [0.29, 0.717) is 25.0 Å². The fourth-order valence-electron chi connectivity index (χ4n) is 7.73. The molecule has 2 saturated heterocycles. The van der Waals surface area contributed by atoms with Gasteiger partial charge >= 0.3 is 0 Å². The second kappa shape index (κ2) is 17.0. The van der Waals surface area contributed by atoms with Gasteiger partial charge < -0.3 is 31.5 Å². The molecule has 1 spiro atoms. The van der Waals surface area contributed by atoms with Crippen LogP contribution in [-0.4, -0.2) is 104 Å². The van der Waals surface area contributed by atoms with Crippen molar-refractivity contribution in [2.45, 2.75) is 89.6 Å². The molecule has 2 heterocycles. The summed E-state index contributed by atoms with van der Waals surface area (Å²) in [7, 11) is 0. The number of hydrogen-bond donors (Lipinski definition) is 3. The van der Waals surface area contributed by atoms with Crippen LogP contribution in [0.1, 0.15) is 78.1 Å². The van der Waals surface area contributed by atoms with Crippen LogP contribution in [0.5, 0.6) is 0 Å². The van der Waals surface area contributed by atoms with Gasteiger partial charge in [-0.25, -0.2) is 0 Å². The predicted molar refractivity (Wildman–Crippen MR) is 176 cm³/mol. The van der Waals surface area contributed by atoms with Crippen molar-refractivity contribution in [2.24, 2.45) is 23.3 Å². The number of benzene rings is 1. The Morgan fingerprint density at radius 2 is 1.57 bits per heavy atom. The number of para-hydroxylation sites is 1. The zero-order chi connectivity index (χ0) is 29.8. The number of nitrogens with two attached hydrogens (primary N) is 2. The van der Waals surface area contributed by atoms with Crippen LogP contribution < -0.4 is 21.7 Å². The molecule has 0 unspecified atom stereocenters.